The summed E-state index contributed by atoms with van der Waals surface area (Å²) in [6.45, 7) is 4.67. The third kappa shape index (κ3) is 10.5. The molecule has 0 bridgehead atoms. The molecular formula is C101H70N8. The van der Waals surface area contributed by atoms with Gasteiger partial charge in [-0.25, -0.2) is 15.0 Å². The van der Waals surface area contributed by atoms with Crippen LogP contribution in [-0.4, -0.2) is 34.1 Å². The lowest BCUT2D eigenvalue weighted by Gasteiger charge is -2.28. The molecule has 1 aliphatic heterocycles. The highest BCUT2D eigenvalue weighted by molar-refractivity contribution is 6.20. The van der Waals surface area contributed by atoms with Gasteiger partial charge in [0.15, 0.2) is 5.82 Å². The summed E-state index contributed by atoms with van der Waals surface area (Å²) < 4.78 is 9.36. The highest BCUT2D eigenvalue weighted by Gasteiger charge is 2.35. The van der Waals surface area contributed by atoms with Gasteiger partial charge < -0.3 is 23.6 Å². The first-order valence-corrected chi connectivity index (χ1v) is 37.4. The van der Waals surface area contributed by atoms with Crippen molar-refractivity contribution in [1.82, 2.24) is 33.6 Å². The molecule has 0 saturated heterocycles. The fourth-order valence-corrected chi connectivity index (χ4v) is 17.3. The summed E-state index contributed by atoms with van der Waals surface area (Å²) in [5.41, 5.74) is 30.2. The molecule has 0 radical (unpaired) electrons. The van der Waals surface area contributed by atoms with Gasteiger partial charge in [-0.3, -0.25) is 0 Å². The quantitative estimate of drug-likeness (QED) is 0.148. The van der Waals surface area contributed by atoms with Crippen molar-refractivity contribution in [1.29, 1.82) is 0 Å². The highest BCUT2D eigenvalue weighted by Crippen LogP contribution is 2.50. The lowest BCUT2D eigenvalue weighted by atomic mass is 9.81. The monoisotopic (exact) mass is 1390 g/mol. The minimum absolute atomic E-state index is 0.0116. The van der Waals surface area contributed by atoms with Crippen molar-refractivity contribution in [2.75, 3.05) is 0 Å². The molecule has 22 rings (SSSR count). The molecule has 0 amide bonds. The van der Waals surface area contributed by atoms with Crippen molar-refractivity contribution >= 4 is 87.8 Å². The summed E-state index contributed by atoms with van der Waals surface area (Å²) in [6, 6.07) is 130. The molecule has 2 aliphatic rings. The lowest BCUT2D eigenvalue weighted by molar-refractivity contribution is 0.660. The van der Waals surface area contributed by atoms with E-state index in [-0.39, 0.29) is 11.5 Å². The topological polar surface area (TPSA) is 69.9 Å². The Kier molecular flexibility index (Phi) is 14.8. The van der Waals surface area contributed by atoms with Crippen LogP contribution in [0, 0.1) is 0 Å². The summed E-state index contributed by atoms with van der Waals surface area (Å²) in [7, 11) is 0. The second-order valence-corrected chi connectivity index (χ2v) is 29.1. The van der Waals surface area contributed by atoms with Crippen molar-refractivity contribution < 1.29 is 0 Å². The number of aromatic nitrogens is 6. The van der Waals surface area contributed by atoms with Gasteiger partial charge in [0.25, 0.3) is 0 Å². The molecule has 0 spiro atoms. The smallest absolute Gasteiger partial charge is 0.160 e. The molecule has 1 aliphatic carbocycles. The summed E-state index contributed by atoms with van der Waals surface area (Å²) in [4.78, 5) is 15.5. The van der Waals surface area contributed by atoms with Crippen LogP contribution in [0.25, 0.3) is 155 Å². The molecule has 8 nitrogen and oxygen atoms in total. The molecule has 0 saturated carbocycles. The van der Waals surface area contributed by atoms with E-state index in [2.05, 4.69) is 414 Å². The van der Waals surface area contributed by atoms with Gasteiger partial charge in [0, 0.05) is 101 Å². The van der Waals surface area contributed by atoms with Crippen LogP contribution in [0.15, 0.2) is 381 Å². The van der Waals surface area contributed by atoms with Crippen molar-refractivity contribution in [3.63, 3.8) is 0 Å². The van der Waals surface area contributed by atoms with Gasteiger partial charge in [0.05, 0.1) is 56.0 Å². The van der Waals surface area contributed by atoms with Crippen molar-refractivity contribution in [2.24, 2.45) is 4.99 Å². The van der Waals surface area contributed by atoms with E-state index in [0.29, 0.717) is 5.82 Å². The molecule has 15 aromatic carbocycles. The average Bonchev–Trinajstić information content (AvgIpc) is 1.57. The van der Waals surface area contributed by atoms with Crippen LogP contribution in [0.4, 0.5) is 5.69 Å². The summed E-state index contributed by atoms with van der Waals surface area (Å²) in [5, 5.41) is 12.2. The minimum atomic E-state index is -0.0400. The molecule has 0 fully saturated rings. The zero-order chi connectivity index (χ0) is 72.3. The van der Waals surface area contributed by atoms with Crippen LogP contribution < -0.4 is 5.32 Å². The van der Waals surface area contributed by atoms with Crippen LogP contribution in [-0.2, 0) is 5.41 Å². The van der Waals surface area contributed by atoms with E-state index >= 15 is 0 Å². The standard InChI is InChI=1S/C55H38N4.C46H32N4/c1-55(2)47-17-9-6-14-41(47)42-29-26-38(34-48(42)55)35-20-22-36(23-21-35)52-45-16-7-10-18-49(45)56-54(57-52)37-24-27-40(28-25-37)59-51-19-11-8-15-43(51)44-30-31-50-46(53(44)59)32-33-58(50)39-12-4-3-5-13-39;1-3-11-31(12-4-1)32-19-21-33(22-20-32)44-39-16-7-9-17-41(39)47-46(48-44)34-23-25-36(26-24-34)50-43-18-10-8-15-37(43)38-27-28-42-40(45(38)50)29-30-49(42)35-13-5-2-6-14-35/h3-34H,1-2H3;1-30,44H,(H,47,48). The van der Waals surface area contributed by atoms with Gasteiger partial charge in [-0.1, -0.05) is 250 Å². The van der Waals surface area contributed by atoms with Gasteiger partial charge in [-0.05, 0) is 177 Å². The van der Waals surface area contributed by atoms with Crippen LogP contribution >= 0.6 is 0 Å². The fourth-order valence-electron chi connectivity index (χ4n) is 17.3. The Labute approximate surface area is 630 Å². The molecule has 1 N–H and O–H groups in total. The van der Waals surface area contributed by atoms with E-state index < -0.39 is 0 Å². The average molecular weight is 1400 g/mol. The maximum Gasteiger partial charge on any atom is 0.160 e. The molecule has 20 aromatic rings. The minimum Gasteiger partial charge on any atom is -0.359 e. The summed E-state index contributed by atoms with van der Waals surface area (Å²) in [5.74, 6) is 1.58. The molecule has 5 aromatic heterocycles. The summed E-state index contributed by atoms with van der Waals surface area (Å²) >= 11 is 0. The first-order valence-electron chi connectivity index (χ1n) is 37.4. The third-order valence-electron chi connectivity index (χ3n) is 22.6. The van der Waals surface area contributed by atoms with Gasteiger partial charge in [-0.15, -0.1) is 0 Å². The second-order valence-electron chi connectivity index (χ2n) is 29.1. The molecule has 1 unspecified atom stereocenters. The second kappa shape index (κ2) is 25.5. The van der Waals surface area contributed by atoms with E-state index in [0.717, 1.165) is 67.6 Å². The summed E-state index contributed by atoms with van der Waals surface area (Å²) in [6.07, 6.45) is 4.36. The van der Waals surface area contributed by atoms with E-state index in [1.807, 2.05) is 0 Å². The number of aliphatic imine (C=N–C) groups is 1. The van der Waals surface area contributed by atoms with Gasteiger partial charge in [0.1, 0.15) is 5.84 Å². The number of hydrogen-bond donors (Lipinski definition) is 1. The highest BCUT2D eigenvalue weighted by atomic mass is 15.1. The SMILES string of the molecule is CC1(C)c2ccccc2-c2ccc(-c3ccc(-c4nc(-c5ccc(-n6c7ccccc7c7ccc8c(ccn8-c8ccccc8)c76)cc5)nc5ccccc45)cc3)cc21.c1ccc(-c2ccc(C3NC(c4ccc(-n5c6ccccc6c6ccc7c(ccn7-c7ccccc7)c65)cc4)=Nc4ccccc43)cc2)cc1. The van der Waals surface area contributed by atoms with Crippen molar-refractivity contribution in [3.05, 3.63) is 404 Å². The number of fused-ring (bicyclic) bond motifs is 15. The Morgan fingerprint density at radius 1 is 0.312 bits per heavy atom. The zero-order valence-electron chi connectivity index (χ0n) is 60.0. The lowest BCUT2D eigenvalue weighted by Crippen LogP contribution is -2.32. The van der Waals surface area contributed by atoms with E-state index in [1.165, 1.54) is 121 Å². The van der Waals surface area contributed by atoms with Crippen LogP contribution in [0.2, 0.25) is 0 Å². The Morgan fingerprint density at radius 3 is 1.42 bits per heavy atom. The predicted molar refractivity (Wildman–Crippen MR) is 452 cm³/mol. The number of amidine groups is 1. The maximum atomic E-state index is 5.28. The number of rotatable bonds is 10. The number of para-hydroxylation sites is 6. The van der Waals surface area contributed by atoms with Gasteiger partial charge >= 0.3 is 0 Å². The molecular weight excluding hydrogens is 1330 g/mol. The Morgan fingerprint density at radius 2 is 0.789 bits per heavy atom. The zero-order valence-corrected chi connectivity index (χ0v) is 60.0. The fraction of sp³-hybridized carbons (Fsp3) is 0.0396. The maximum absolute atomic E-state index is 5.28. The molecule has 109 heavy (non-hydrogen) atoms. The Hall–Kier alpha value is -14.2. The van der Waals surface area contributed by atoms with Crippen molar-refractivity contribution in [2.45, 2.75) is 25.3 Å². The molecule has 514 valence electrons. The largest absolute Gasteiger partial charge is 0.359 e. The number of nitrogens with zero attached hydrogens (tertiary/aromatic N) is 7. The van der Waals surface area contributed by atoms with E-state index in [1.54, 1.807) is 0 Å². The van der Waals surface area contributed by atoms with Crippen LogP contribution in [0.1, 0.15) is 47.7 Å². The van der Waals surface area contributed by atoms with Crippen molar-refractivity contribution in [3.8, 4) is 78.8 Å². The first kappa shape index (κ1) is 63.3. The third-order valence-corrected chi connectivity index (χ3v) is 22.6. The first-order chi connectivity index (χ1) is 53.8. The Bertz CT molecular complexity index is 6980. The van der Waals surface area contributed by atoms with Gasteiger partial charge in [-0.2, -0.15) is 0 Å². The van der Waals surface area contributed by atoms with Crippen LogP contribution in [0.5, 0.6) is 0 Å². The van der Waals surface area contributed by atoms with E-state index in [4.69, 9.17) is 15.0 Å². The van der Waals surface area contributed by atoms with Crippen LogP contribution in [0.3, 0.4) is 0 Å². The predicted octanol–water partition coefficient (Wildman–Crippen LogP) is 25.1. The number of benzene rings is 15. The number of hydrogen-bond acceptors (Lipinski definition) is 4. The van der Waals surface area contributed by atoms with E-state index in [9.17, 15) is 0 Å². The molecule has 1 atom stereocenters. The van der Waals surface area contributed by atoms with Gasteiger partial charge in [0.2, 0.25) is 0 Å². The molecule has 6 heterocycles. The molecule has 8 heteroatoms. The number of nitrogens with one attached hydrogen (secondary N) is 1. The normalized spacial score (nSPS) is 13.5. The Balaban J connectivity index is 0.000000141.